The summed E-state index contributed by atoms with van der Waals surface area (Å²) >= 11 is 0. The lowest BCUT2D eigenvalue weighted by Crippen LogP contribution is -2.14. The van der Waals surface area contributed by atoms with E-state index in [-0.39, 0.29) is 17.0 Å². The van der Waals surface area contributed by atoms with E-state index in [9.17, 15) is 8.78 Å². The second kappa shape index (κ2) is 8.56. The van der Waals surface area contributed by atoms with Gasteiger partial charge < -0.3 is 0 Å². The first kappa shape index (κ1) is 21.1. The predicted octanol–water partition coefficient (Wildman–Crippen LogP) is 8.01. The molecule has 0 spiro atoms. The van der Waals surface area contributed by atoms with Crippen molar-refractivity contribution < 1.29 is 17.6 Å². The summed E-state index contributed by atoms with van der Waals surface area (Å²) in [6.45, 7) is 5.88. The molecule has 2 aliphatic carbocycles. The van der Waals surface area contributed by atoms with Crippen LogP contribution in [-0.2, 0) is 12.8 Å². The third-order valence-corrected chi connectivity index (χ3v) is 6.91. The Morgan fingerprint density at radius 1 is 0.867 bits per heavy atom. The van der Waals surface area contributed by atoms with Crippen molar-refractivity contribution in [1.29, 1.82) is 0 Å². The van der Waals surface area contributed by atoms with E-state index < -0.39 is 23.3 Å². The van der Waals surface area contributed by atoms with Crippen LogP contribution in [0.1, 0.15) is 80.0 Å². The van der Waals surface area contributed by atoms with Crippen molar-refractivity contribution in [2.45, 2.75) is 70.6 Å². The van der Waals surface area contributed by atoms with Crippen molar-refractivity contribution in [3.8, 4) is 11.1 Å². The zero-order valence-electron chi connectivity index (χ0n) is 17.5. The highest BCUT2D eigenvalue weighted by atomic mass is 19.2. The van der Waals surface area contributed by atoms with E-state index >= 15 is 8.78 Å². The molecule has 0 aromatic heterocycles. The topological polar surface area (TPSA) is 0 Å². The van der Waals surface area contributed by atoms with Gasteiger partial charge >= 0.3 is 0 Å². The van der Waals surface area contributed by atoms with Gasteiger partial charge in [0.05, 0.1) is 0 Å². The highest BCUT2D eigenvalue weighted by molar-refractivity contribution is 5.79. The van der Waals surface area contributed by atoms with Crippen LogP contribution in [0.25, 0.3) is 11.1 Å². The van der Waals surface area contributed by atoms with E-state index in [2.05, 4.69) is 13.5 Å². The molecular formula is C26H28F4. The Morgan fingerprint density at radius 2 is 1.50 bits per heavy atom. The molecule has 0 unspecified atom stereocenters. The smallest absolute Gasteiger partial charge is 0.167 e. The molecule has 0 radical (unpaired) electrons. The summed E-state index contributed by atoms with van der Waals surface area (Å²) in [6.07, 6.45) is 8.79. The van der Waals surface area contributed by atoms with Crippen LogP contribution in [0.3, 0.4) is 0 Å². The molecule has 160 valence electrons. The third-order valence-electron chi connectivity index (χ3n) is 6.91. The van der Waals surface area contributed by atoms with E-state index in [0.717, 1.165) is 44.9 Å². The van der Waals surface area contributed by atoms with Gasteiger partial charge in [0.15, 0.2) is 23.3 Å². The van der Waals surface area contributed by atoms with Gasteiger partial charge in [-0.3, -0.25) is 0 Å². The van der Waals surface area contributed by atoms with E-state index in [1.165, 1.54) is 0 Å². The minimum absolute atomic E-state index is 0.0455. The van der Waals surface area contributed by atoms with Crippen LogP contribution in [0.4, 0.5) is 17.6 Å². The Labute approximate surface area is 176 Å². The Morgan fingerprint density at radius 3 is 2.13 bits per heavy atom. The van der Waals surface area contributed by atoms with Crippen LogP contribution in [0, 0.1) is 29.2 Å². The Kier molecular flexibility index (Phi) is 6.04. The summed E-state index contributed by atoms with van der Waals surface area (Å²) in [4.78, 5) is 0. The van der Waals surface area contributed by atoms with Crippen molar-refractivity contribution in [2.24, 2.45) is 5.92 Å². The molecule has 0 saturated heterocycles. The van der Waals surface area contributed by atoms with Gasteiger partial charge in [0.1, 0.15) is 0 Å². The molecule has 30 heavy (non-hydrogen) atoms. The molecule has 2 aromatic rings. The van der Waals surface area contributed by atoms with Gasteiger partial charge in [-0.15, -0.1) is 6.58 Å². The van der Waals surface area contributed by atoms with Crippen molar-refractivity contribution in [2.75, 3.05) is 0 Å². The quantitative estimate of drug-likeness (QED) is 0.217. The maximum atomic E-state index is 15.1. The summed E-state index contributed by atoms with van der Waals surface area (Å²) in [5.74, 6) is -3.54. The zero-order valence-corrected chi connectivity index (χ0v) is 17.5. The second-order valence-corrected chi connectivity index (χ2v) is 8.81. The number of benzene rings is 2. The molecule has 0 bridgehead atoms. The molecule has 0 N–H and O–H groups in total. The molecule has 0 heterocycles. The van der Waals surface area contributed by atoms with Gasteiger partial charge in [0.2, 0.25) is 0 Å². The summed E-state index contributed by atoms with van der Waals surface area (Å²) in [5.41, 5.74) is 1.64. The largest absolute Gasteiger partial charge is 0.203 e. The van der Waals surface area contributed by atoms with Gasteiger partial charge in [-0.25, -0.2) is 17.6 Å². The fourth-order valence-corrected chi connectivity index (χ4v) is 5.17. The average Bonchev–Trinajstić information content (AvgIpc) is 3.13. The number of allylic oxidation sites excluding steroid dienone is 1. The van der Waals surface area contributed by atoms with Gasteiger partial charge in [-0.2, -0.15) is 0 Å². The lowest BCUT2D eigenvalue weighted by molar-refractivity contribution is 0.364. The Hall–Kier alpha value is -2.10. The Bertz CT molecular complexity index is 968. The van der Waals surface area contributed by atoms with Gasteiger partial charge in [0.25, 0.3) is 0 Å². The SMILES string of the molecule is C=CC1CCC(c2cc3c(c(F)c2F)-c2c(cc(CCCCC)c(F)c2F)C3)CC1. The summed E-state index contributed by atoms with van der Waals surface area (Å²) in [7, 11) is 0. The van der Waals surface area contributed by atoms with Crippen LogP contribution in [0.2, 0.25) is 0 Å². The number of halogens is 4. The van der Waals surface area contributed by atoms with Crippen molar-refractivity contribution in [3.05, 3.63) is 70.3 Å². The third kappa shape index (κ3) is 3.59. The van der Waals surface area contributed by atoms with Gasteiger partial charge in [0, 0.05) is 11.1 Å². The molecule has 2 aromatic carbocycles. The van der Waals surface area contributed by atoms with Gasteiger partial charge in [-0.1, -0.05) is 38.0 Å². The normalized spacial score (nSPS) is 20.2. The van der Waals surface area contributed by atoms with E-state index in [1.54, 1.807) is 12.1 Å². The zero-order chi connectivity index (χ0) is 21.4. The number of hydrogen-bond donors (Lipinski definition) is 0. The Balaban J connectivity index is 1.70. The lowest BCUT2D eigenvalue weighted by Gasteiger charge is -2.27. The molecular weight excluding hydrogens is 388 g/mol. The van der Waals surface area contributed by atoms with E-state index in [4.69, 9.17) is 0 Å². The second-order valence-electron chi connectivity index (χ2n) is 8.81. The molecule has 1 saturated carbocycles. The molecule has 0 nitrogen and oxygen atoms in total. The molecule has 0 aliphatic heterocycles. The van der Waals surface area contributed by atoms with Crippen molar-refractivity contribution in [1.82, 2.24) is 0 Å². The molecule has 4 rings (SSSR count). The fourth-order valence-electron chi connectivity index (χ4n) is 5.17. The highest BCUT2D eigenvalue weighted by Gasteiger charge is 2.33. The fraction of sp³-hybridized carbons (Fsp3) is 0.462. The monoisotopic (exact) mass is 416 g/mol. The minimum Gasteiger partial charge on any atom is -0.203 e. The average molecular weight is 417 g/mol. The first-order chi connectivity index (χ1) is 14.5. The van der Waals surface area contributed by atoms with Crippen LogP contribution in [0.5, 0.6) is 0 Å². The lowest BCUT2D eigenvalue weighted by atomic mass is 9.78. The maximum Gasteiger partial charge on any atom is 0.167 e. The number of rotatable bonds is 6. The molecule has 4 heteroatoms. The summed E-state index contributed by atoms with van der Waals surface area (Å²) in [6, 6.07) is 3.34. The van der Waals surface area contributed by atoms with Crippen molar-refractivity contribution in [3.63, 3.8) is 0 Å². The van der Waals surface area contributed by atoms with Crippen LogP contribution in [-0.4, -0.2) is 0 Å². The predicted molar refractivity (Wildman–Crippen MR) is 113 cm³/mol. The minimum atomic E-state index is -1.05. The number of hydrogen-bond acceptors (Lipinski definition) is 0. The van der Waals surface area contributed by atoms with Crippen LogP contribution >= 0.6 is 0 Å². The number of fused-ring (bicyclic) bond motifs is 3. The summed E-state index contributed by atoms with van der Waals surface area (Å²) < 4.78 is 59.7. The first-order valence-electron chi connectivity index (χ1n) is 11.1. The first-order valence-corrected chi connectivity index (χ1v) is 11.1. The molecule has 0 amide bonds. The van der Waals surface area contributed by atoms with Gasteiger partial charge in [-0.05, 0) is 79.0 Å². The molecule has 0 atom stereocenters. The molecule has 2 aliphatic rings. The molecule has 1 fully saturated rings. The van der Waals surface area contributed by atoms with Crippen LogP contribution < -0.4 is 0 Å². The van der Waals surface area contributed by atoms with E-state index in [0.29, 0.717) is 41.0 Å². The van der Waals surface area contributed by atoms with E-state index in [1.807, 2.05) is 6.08 Å². The van der Waals surface area contributed by atoms with Crippen LogP contribution in [0.15, 0.2) is 24.8 Å². The number of aryl methyl sites for hydroxylation is 1. The van der Waals surface area contributed by atoms with Crippen molar-refractivity contribution >= 4 is 0 Å². The number of unbranched alkanes of at least 4 members (excludes halogenated alkanes) is 2. The highest BCUT2D eigenvalue weighted by Crippen LogP contribution is 2.46. The standard InChI is InChI=1S/C26H28F4/c1-3-5-6-7-17-12-18-13-19-14-20(16-10-8-15(4-2)9-11-16)24(28)26(30)22(19)21(18)25(29)23(17)27/h4,12,14-16H,2-3,5-11,13H2,1H3. The summed E-state index contributed by atoms with van der Waals surface area (Å²) in [5, 5.41) is 0. The maximum absolute atomic E-state index is 15.1.